The average molecular weight is 373 g/mol. The molecular formula is C22H32N2O3. The van der Waals surface area contributed by atoms with Gasteiger partial charge in [-0.05, 0) is 37.8 Å². The zero-order valence-corrected chi connectivity index (χ0v) is 17.2. The SMILES string of the molecule is CCC(=O)C1CC(OC(=O)N2Cc3ccccc3C(C)C2)CN1C(C)(C)C. The molecule has 0 bridgehead atoms. The number of nitrogens with zero attached hydrogens (tertiary/aromatic N) is 2. The van der Waals surface area contributed by atoms with Gasteiger partial charge in [0, 0.05) is 38.0 Å². The lowest BCUT2D eigenvalue weighted by atomic mass is 9.91. The Balaban J connectivity index is 1.67. The van der Waals surface area contributed by atoms with Crippen LogP contribution >= 0.6 is 0 Å². The van der Waals surface area contributed by atoms with Crippen LogP contribution in [0.5, 0.6) is 0 Å². The van der Waals surface area contributed by atoms with Crippen LogP contribution in [0.1, 0.15) is 64.5 Å². The second kappa shape index (κ2) is 7.63. The third kappa shape index (κ3) is 4.18. The van der Waals surface area contributed by atoms with Crippen LogP contribution in [0.3, 0.4) is 0 Å². The Morgan fingerprint density at radius 3 is 2.56 bits per heavy atom. The van der Waals surface area contributed by atoms with Gasteiger partial charge in [-0.1, -0.05) is 38.1 Å². The van der Waals surface area contributed by atoms with Crippen molar-refractivity contribution in [1.29, 1.82) is 0 Å². The fraction of sp³-hybridized carbons (Fsp3) is 0.636. The van der Waals surface area contributed by atoms with Gasteiger partial charge >= 0.3 is 6.09 Å². The fourth-order valence-electron chi connectivity index (χ4n) is 4.38. The van der Waals surface area contributed by atoms with E-state index in [9.17, 15) is 9.59 Å². The Kier molecular flexibility index (Phi) is 5.61. The number of hydrogen-bond acceptors (Lipinski definition) is 4. The van der Waals surface area contributed by atoms with Gasteiger partial charge in [0.15, 0.2) is 0 Å². The lowest BCUT2D eigenvalue weighted by Gasteiger charge is -2.36. The predicted molar refractivity (Wildman–Crippen MR) is 106 cm³/mol. The van der Waals surface area contributed by atoms with Crippen LogP contribution in [-0.4, -0.2) is 52.5 Å². The first kappa shape index (κ1) is 19.9. The van der Waals surface area contributed by atoms with E-state index in [4.69, 9.17) is 4.74 Å². The zero-order valence-electron chi connectivity index (χ0n) is 17.2. The Morgan fingerprint density at radius 2 is 1.89 bits per heavy atom. The minimum absolute atomic E-state index is 0.130. The van der Waals surface area contributed by atoms with Crippen LogP contribution in [0, 0.1) is 0 Å². The molecule has 0 aliphatic carbocycles. The number of ether oxygens (including phenoxy) is 1. The van der Waals surface area contributed by atoms with E-state index in [0.29, 0.717) is 38.4 Å². The molecule has 1 aromatic rings. The molecule has 0 saturated carbocycles. The topological polar surface area (TPSA) is 49.9 Å². The molecule has 0 spiro atoms. The number of Topliss-reactive ketones (excluding diaryl/α,β-unsaturated/α-hetero) is 1. The van der Waals surface area contributed by atoms with Gasteiger partial charge in [-0.25, -0.2) is 4.79 Å². The molecule has 27 heavy (non-hydrogen) atoms. The number of carbonyl (C=O) groups excluding carboxylic acids is 2. The van der Waals surface area contributed by atoms with Crippen LogP contribution in [0.25, 0.3) is 0 Å². The number of carbonyl (C=O) groups is 2. The summed E-state index contributed by atoms with van der Waals surface area (Å²) in [4.78, 5) is 29.2. The van der Waals surface area contributed by atoms with E-state index in [1.165, 1.54) is 11.1 Å². The molecule has 0 radical (unpaired) electrons. The molecule has 1 amide bonds. The molecule has 0 aromatic heterocycles. The van der Waals surface area contributed by atoms with Crippen molar-refractivity contribution in [2.75, 3.05) is 13.1 Å². The smallest absolute Gasteiger partial charge is 0.410 e. The van der Waals surface area contributed by atoms with Crippen molar-refractivity contribution in [3.05, 3.63) is 35.4 Å². The highest BCUT2D eigenvalue weighted by Crippen LogP contribution is 2.31. The monoisotopic (exact) mass is 372 g/mol. The third-order valence-electron chi connectivity index (χ3n) is 5.81. The Hall–Kier alpha value is -1.88. The van der Waals surface area contributed by atoms with Crippen molar-refractivity contribution in [2.24, 2.45) is 0 Å². The van der Waals surface area contributed by atoms with Crippen LogP contribution in [0.4, 0.5) is 4.79 Å². The highest BCUT2D eigenvalue weighted by molar-refractivity contribution is 5.84. The summed E-state index contributed by atoms with van der Waals surface area (Å²) in [6.07, 6.45) is 0.609. The lowest BCUT2D eigenvalue weighted by molar-refractivity contribution is -0.124. The molecule has 3 unspecified atom stereocenters. The van der Waals surface area contributed by atoms with Gasteiger partial charge in [0.05, 0.1) is 6.04 Å². The number of likely N-dealkylation sites (tertiary alicyclic amines) is 1. The Bertz CT molecular complexity index is 710. The molecule has 2 heterocycles. The summed E-state index contributed by atoms with van der Waals surface area (Å²) in [7, 11) is 0. The Labute approximate surface area is 162 Å². The number of ketones is 1. The first-order chi connectivity index (χ1) is 12.7. The highest BCUT2D eigenvalue weighted by Gasteiger charge is 2.43. The van der Waals surface area contributed by atoms with Crippen molar-refractivity contribution in [1.82, 2.24) is 9.80 Å². The number of amides is 1. The standard InChI is InChI=1S/C22H32N2O3/c1-6-20(25)19-11-17(14-24(19)22(3,4)5)27-21(26)23-12-15(2)18-10-8-7-9-16(18)13-23/h7-10,15,17,19H,6,11-14H2,1-5H3. The maximum Gasteiger partial charge on any atom is 0.410 e. The number of benzene rings is 1. The van der Waals surface area contributed by atoms with E-state index in [-0.39, 0.29) is 29.6 Å². The van der Waals surface area contributed by atoms with Crippen LogP contribution in [0.2, 0.25) is 0 Å². The maximum absolute atomic E-state index is 12.8. The summed E-state index contributed by atoms with van der Waals surface area (Å²) < 4.78 is 5.86. The molecule has 5 heteroatoms. The molecule has 5 nitrogen and oxygen atoms in total. The quantitative estimate of drug-likeness (QED) is 0.806. The van der Waals surface area contributed by atoms with E-state index >= 15 is 0 Å². The molecule has 3 rings (SSSR count). The van der Waals surface area contributed by atoms with Gasteiger partial charge in [0.2, 0.25) is 0 Å². The van der Waals surface area contributed by atoms with Gasteiger partial charge in [-0.3, -0.25) is 9.69 Å². The van der Waals surface area contributed by atoms with E-state index in [0.717, 1.165) is 0 Å². The molecule has 1 saturated heterocycles. The minimum atomic E-state index is -0.264. The Morgan fingerprint density at radius 1 is 1.19 bits per heavy atom. The summed E-state index contributed by atoms with van der Waals surface area (Å²) in [6.45, 7) is 12.2. The van der Waals surface area contributed by atoms with Gasteiger partial charge in [0.1, 0.15) is 11.9 Å². The lowest BCUT2D eigenvalue weighted by Crippen LogP contribution is -2.48. The van der Waals surface area contributed by atoms with Crippen molar-refractivity contribution < 1.29 is 14.3 Å². The van der Waals surface area contributed by atoms with Crippen molar-refractivity contribution in [3.63, 3.8) is 0 Å². The van der Waals surface area contributed by atoms with Gasteiger partial charge < -0.3 is 9.64 Å². The van der Waals surface area contributed by atoms with Crippen LogP contribution < -0.4 is 0 Å². The molecule has 0 N–H and O–H groups in total. The highest BCUT2D eigenvalue weighted by atomic mass is 16.6. The molecule has 1 fully saturated rings. The zero-order chi connectivity index (χ0) is 19.8. The van der Waals surface area contributed by atoms with Crippen molar-refractivity contribution in [3.8, 4) is 0 Å². The fourth-order valence-corrected chi connectivity index (χ4v) is 4.38. The minimum Gasteiger partial charge on any atom is -0.445 e. The molecule has 148 valence electrons. The van der Waals surface area contributed by atoms with E-state index in [1.807, 2.05) is 19.1 Å². The van der Waals surface area contributed by atoms with Crippen molar-refractivity contribution >= 4 is 11.9 Å². The summed E-state index contributed by atoms with van der Waals surface area (Å²) in [6, 6.07) is 8.13. The largest absolute Gasteiger partial charge is 0.445 e. The predicted octanol–water partition coefficient (Wildman–Crippen LogP) is 3.96. The van der Waals surface area contributed by atoms with E-state index in [1.54, 1.807) is 4.90 Å². The molecule has 2 aliphatic rings. The maximum atomic E-state index is 12.8. The molecule has 2 aliphatic heterocycles. The van der Waals surface area contributed by atoms with E-state index in [2.05, 4.69) is 44.7 Å². The average Bonchev–Trinajstić information content (AvgIpc) is 3.05. The van der Waals surface area contributed by atoms with Crippen LogP contribution in [0.15, 0.2) is 24.3 Å². The normalized spacial score (nSPS) is 26.0. The molecular weight excluding hydrogens is 340 g/mol. The summed E-state index contributed by atoms with van der Waals surface area (Å²) >= 11 is 0. The second-order valence-corrected chi connectivity index (χ2v) is 8.88. The van der Waals surface area contributed by atoms with Crippen molar-refractivity contribution in [2.45, 2.75) is 77.6 Å². The van der Waals surface area contributed by atoms with Gasteiger partial charge in [-0.2, -0.15) is 0 Å². The molecule has 1 aromatic carbocycles. The summed E-state index contributed by atoms with van der Waals surface area (Å²) in [5.74, 6) is 0.524. The number of hydrogen-bond donors (Lipinski definition) is 0. The summed E-state index contributed by atoms with van der Waals surface area (Å²) in [5, 5.41) is 0. The first-order valence-electron chi connectivity index (χ1n) is 10.0. The van der Waals surface area contributed by atoms with Gasteiger partial charge in [0.25, 0.3) is 0 Å². The number of rotatable bonds is 3. The van der Waals surface area contributed by atoms with Crippen LogP contribution in [-0.2, 0) is 16.1 Å². The number of fused-ring (bicyclic) bond motifs is 1. The summed E-state index contributed by atoms with van der Waals surface area (Å²) in [5.41, 5.74) is 2.37. The first-order valence-corrected chi connectivity index (χ1v) is 10.0. The second-order valence-electron chi connectivity index (χ2n) is 8.88. The van der Waals surface area contributed by atoms with Gasteiger partial charge in [-0.15, -0.1) is 0 Å². The molecule has 3 atom stereocenters. The third-order valence-corrected chi connectivity index (χ3v) is 5.81. The van der Waals surface area contributed by atoms with E-state index < -0.39 is 0 Å².